The Labute approximate surface area is 118 Å². The second-order valence-corrected chi connectivity index (χ2v) is 3.65. The number of hydrogen-bond acceptors (Lipinski definition) is 7. The van der Waals surface area contributed by atoms with Gasteiger partial charge in [0.25, 0.3) is 5.69 Å². The predicted molar refractivity (Wildman–Crippen MR) is 68.8 cm³/mol. The van der Waals surface area contributed by atoms with E-state index in [1.807, 2.05) is 0 Å². The first kappa shape index (κ1) is 16.1. The maximum absolute atomic E-state index is 13.3. The van der Waals surface area contributed by atoms with Crippen LogP contribution < -0.4 is 5.32 Å². The minimum atomic E-state index is -0.924. The molecular formula is C12H11FN2O6. The van der Waals surface area contributed by atoms with Crippen LogP contribution in [0.4, 0.5) is 15.8 Å². The van der Waals surface area contributed by atoms with Gasteiger partial charge in [-0.15, -0.1) is 0 Å². The zero-order valence-corrected chi connectivity index (χ0v) is 11.1. The molecule has 0 aliphatic carbocycles. The summed E-state index contributed by atoms with van der Waals surface area (Å²) in [6.07, 6.45) is 0.780. The molecule has 0 amide bonds. The van der Waals surface area contributed by atoms with E-state index in [-0.39, 0.29) is 11.4 Å². The zero-order valence-electron chi connectivity index (χ0n) is 11.1. The summed E-state index contributed by atoms with van der Waals surface area (Å²) < 4.78 is 22.1. The number of benzene rings is 1. The molecule has 0 fully saturated rings. The van der Waals surface area contributed by atoms with Crippen molar-refractivity contribution < 1.29 is 28.4 Å². The number of methoxy groups -OCH3 is 2. The van der Waals surface area contributed by atoms with Crippen LogP contribution in [0, 0.1) is 15.9 Å². The molecular weight excluding hydrogens is 287 g/mol. The maximum Gasteiger partial charge on any atom is 0.354 e. The van der Waals surface area contributed by atoms with Crippen LogP contribution in [0.25, 0.3) is 0 Å². The Morgan fingerprint density at radius 2 is 1.95 bits per heavy atom. The van der Waals surface area contributed by atoms with Gasteiger partial charge in [0, 0.05) is 11.8 Å². The SMILES string of the molecule is COC(=O)/C=C(/Nc1cc(F)cc([N+](=O)[O-])c1)C(=O)OC. The van der Waals surface area contributed by atoms with Gasteiger partial charge in [-0.1, -0.05) is 0 Å². The van der Waals surface area contributed by atoms with Gasteiger partial charge in [0.1, 0.15) is 11.5 Å². The molecule has 0 saturated heterocycles. The number of nitro benzene ring substituents is 1. The van der Waals surface area contributed by atoms with E-state index in [4.69, 9.17) is 0 Å². The molecule has 1 aromatic rings. The Morgan fingerprint density at radius 3 is 2.48 bits per heavy atom. The van der Waals surface area contributed by atoms with Crippen LogP contribution in [-0.4, -0.2) is 31.1 Å². The van der Waals surface area contributed by atoms with Gasteiger partial charge >= 0.3 is 11.9 Å². The molecule has 112 valence electrons. The predicted octanol–water partition coefficient (Wildman–Crippen LogP) is 1.38. The van der Waals surface area contributed by atoms with Gasteiger partial charge in [-0.3, -0.25) is 10.1 Å². The summed E-state index contributed by atoms with van der Waals surface area (Å²) in [6, 6.07) is 2.63. The van der Waals surface area contributed by atoms with Gasteiger partial charge in [-0.05, 0) is 6.07 Å². The lowest BCUT2D eigenvalue weighted by Gasteiger charge is -2.09. The van der Waals surface area contributed by atoms with Crippen molar-refractivity contribution in [2.45, 2.75) is 0 Å². The molecule has 1 N–H and O–H groups in total. The van der Waals surface area contributed by atoms with E-state index in [0.29, 0.717) is 6.07 Å². The molecule has 0 atom stereocenters. The Morgan fingerprint density at radius 1 is 1.29 bits per heavy atom. The van der Waals surface area contributed by atoms with Gasteiger partial charge in [0.15, 0.2) is 0 Å². The van der Waals surface area contributed by atoms with Crippen molar-refractivity contribution in [2.75, 3.05) is 19.5 Å². The van der Waals surface area contributed by atoms with Crippen LogP contribution in [0.2, 0.25) is 0 Å². The van der Waals surface area contributed by atoms with E-state index in [0.717, 1.165) is 32.4 Å². The van der Waals surface area contributed by atoms with Crippen LogP contribution in [-0.2, 0) is 19.1 Å². The van der Waals surface area contributed by atoms with E-state index in [1.54, 1.807) is 0 Å². The Hall–Kier alpha value is -2.97. The quantitative estimate of drug-likeness (QED) is 0.378. The number of halogens is 1. The molecule has 0 heterocycles. The monoisotopic (exact) mass is 298 g/mol. The zero-order chi connectivity index (χ0) is 16.0. The third-order valence-corrected chi connectivity index (χ3v) is 2.24. The van der Waals surface area contributed by atoms with Gasteiger partial charge in [-0.2, -0.15) is 0 Å². The second-order valence-electron chi connectivity index (χ2n) is 3.65. The number of hydrogen-bond donors (Lipinski definition) is 1. The lowest BCUT2D eigenvalue weighted by atomic mass is 10.2. The van der Waals surface area contributed by atoms with E-state index in [9.17, 15) is 24.1 Å². The van der Waals surface area contributed by atoms with E-state index >= 15 is 0 Å². The van der Waals surface area contributed by atoms with Crippen molar-refractivity contribution in [3.05, 3.63) is 45.9 Å². The number of esters is 2. The van der Waals surface area contributed by atoms with Gasteiger partial charge < -0.3 is 14.8 Å². The minimum absolute atomic E-state index is 0.0951. The first-order chi connectivity index (χ1) is 9.87. The average Bonchev–Trinajstić information content (AvgIpc) is 2.44. The number of anilines is 1. The lowest BCUT2D eigenvalue weighted by Crippen LogP contribution is -2.15. The topological polar surface area (TPSA) is 108 Å². The number of carbonyl (C=O) groups excluding carboxylic acids is 2. The number of ether oxygens (including phenoxy) is 2. The third kappa shape index (κ3) is 4.56. The molecule has 1 rings (SSSR count). The molecule has 0 saturated carbocycles. The number of rotatable bonds is 5. The Bertz CT molecular complexity index is 614. The summed E-state index contributed by atoms with van der Waals surface area (Å²) in [7, 11) is 2.17. The molecule has 0 bridgehead atoms. The molecule has 8 nitrogen and oxygen atoms in total. The van der Waals surface area contributed by atoms with Crippen molar-refractivity contribution >= 4 is 23.3 Å². The standard InChI is InChI=1S/C12H11FN2O6/c1-20-11(16)6-10(12(17)21-2)14-8-3-7(13)4-9(5-8)15(18)19/h3-6,14H,1-2H3/b10-6+. The first-order valence-electron chi connectivity index (χ1n) is 5.47. The van der Waals surface area contributed by atoms with Crippen molar-refractivity contribution in [2.24, 2.45) is 0 Å². The fourth-order valence-corrected chi connectivity index (χ4v) is 1.34. The van der Waals surface area contributed by atoms with Crippen LogP contribution in [0.1, 0.15) is 0 Å². The highest BCUT2D eigenvalue weighted by atomic mass is 19.1. The smallest absolute Gasteiger partial charge is 0.354 e. The molecule has 21 heavy (non-hydrogen) atoms. The molecule has 0 aliphatic rings. The Kier molecular flexibility index (Phi) is 5.35. The largest absolute Gasteiger partial charge is 0.466 e. The highest BCUT2D eigenvalue weighted by Gasteiger charge is 2.15. The molecule has 9 heteroatoms. The summed E-state index contributed by atoms with van der Waals surface area (Å²) in [5.41, 5.74) is -0.966. The van der Waals surface area contributed by atoms with Crippen molar-refractivity contribution in [1.29, 1.82) is 0 Å². The third-order valence-electron chi connectivity index (χ3n) is 2.24. The van der Waals surface area contributed by atoms with E-state index < -0.39 is 28.4 Å². The number of nitrogens with one attached hydrogen (secondary N) is 1. The molecule has 0 spiro atoms. The Balaban J connectivity index is 3.15. The first-order valence-corrected chi connectivity index (χ1v) is 5.47. The molecule has 0 aromatic heterocycles. The normalized spacial score (nSPS) is 10.7. The van der Waals surface area contributed by atoms with Crippen LogP contribution in [0.15, 0.2) is 30.0 Å². The minimum Gasteiger partial charge on any atom is -0.466 e. The summed E-state index contributed by atoms with van der Waals surface area (Å²) in [5, 5.41) is 13.0. The van der Waals surface area contributed by atoms with Crippen molar-refractivity contribution in [3.63, 3.8) is 0 Å². The molecule has 0 unspecified atom stereocenters. The summed E-state index contributed by atoms with van der Waals surface area (Å²) in [5.74, 6) is -2.66. The fourth-order valence-electron chi connectivity index (χ4n) is 1.34. The highest BCUT2D eigenvalue weighted by Crippen LogP contribution is 2.21. The van der Waals surface area contributed by atoms with Gasteiger partial charge in [0.05, 0.1) is 31.3 Å². The second kappa shape index (κ2) is 6.98. The summed E-state index contributed by atoms with van der Waals surface area (Å²) in [6.45, 7) is 0. The number of carbonyl (C=O) groups is 2. The summed E-state index contributed by atoms with van der Waals surface area (Å²) >= 11 is 0. The van der Waals surface area contributed by atoms with Crippen LogP contribution in [0.3, 0.4) is 0 Å². The van der Waals surface area contributed by atoms with Crippen molar-refractivity contribution in [3.8, 4) is 0 Å². The molecule has 1 aromatic carbocycles. The number of non-ortho nitro benzene ring substituents is 1. The van der Waals surface area contributed by atoms with E-state index in [2.05, 4.69) is 14.8 Å². The van der Waals surface area contributed by atoms with Crippen LogP contribution in [0.5, 0.6) is 0 Å². The summed E-state index contributed by atoms with van der Waals surface area (Å²) in [4.78, 5) is 32.5. The van der Waals surface area contributed by atoms with Gasteiger partial charge in [0.2, 0.25) is 0 Å². The van der Waals surface area contributed by atoms with Gasteiger partial charge in [-0.25, -0.2) is 14.0 Å². The number of nitro groups is 1. The lowest BCUT2D eigenvalue weighted by molar-refractivity contribution is -0.385. The fraction of sp³-hybridized carbons (Fsp3) is 0.167. The molecule has 0 radical (unpaired) electrons. The van der Waals surface area contributed by atoms with Crippen molar-refractivity contribution in [1.82, 2.24) is 0 Å². The average molecular weight is 298 g/mol. The molecule has 0 aliphatic heterocycles. The highest BCUT2D eigenvalue weighted by molar-refractivity contribution is 5.98. The van der Waals surface area contributed by atoms with E-state index in [1.165, 1.54) is 0 Å². The maximum atomic E-state index is 13.3. The number of nitrogens with zero attached hydrogens (tertiary/aromatic N) is 1. The van der Waals surface area contributed by atoms with Crippen LogP contribution >= 0.6 is 0 Å².